The third-order valence-electron chi connectivity index (χ3n) is 3.03. The second-order valence-electron chi connectivity index (χ2n) is 4.42. The summed E-state index contributed by atoms with van der Waals surface area (Å²) in [4.78, 5) is 16.3. The summed E-state index contributed by atoms with van der Waals surface area (Å²) >= 11 is 6.03. The second kappa shape index (κ2) is 7.09. The van der Waals surface area contributed by atoms with Crippen molar-refractivity contribution in [3.8, 4) is 5.75 Å². The lowest BCUT2D eigenvalue weighted by atomic mass is 10.2. The number of ether oxygens (including phenoxy) is 1. The lowest BCUT2D eigenvalue weighted by Gasteiger charge is -2.11. The molecule has 0 aliphatic heterocycles. The molecule has 0 fully saturated rings. The number of hydrogen-bond donors (Lipinski definition) is 2. The van der Waals surface area contributed by atoms with Crippen LogP contribution in [0.4, 0.5) is 10.2 Å². The summed E-state index contributed by atoms with van der Waals surface area (Å²) in [5.74, 6) is -0.336. The molecule has 7 heteroatoms. The molecule has 116 valence electrons. The number of amides is 1. The molecule has 0 unspecified atom stereocenters. The van der Waals surface area contributed by atoms with Crippen molar-refractivity contribution in [3.05, 3.63) is 52.4 Å². The molecule has 1 amide bonds. The first-order valence-electron chi connectivity index (χ1n) is 6.49. The van der Waals surface area contributed by atoms with Gasteiger partial charge in [0.1, 0.15) is 11.4 Å². The molecular weight excluding hydrogens is 309 g/mol. The zero-order chi connectivity index (χ0) is 16.1. The van der Waals surface area contributed by atoms with Gasteiger partial charge in [0.05, 0.1) is 12.1 Å². The van der Waals surface area contributed by atoms with Gasteiger partial charge in [0.25, 0.3) is 5.91 Å². The van der Waals surface area contributed by atoms with E-state index < -0.39 is 11.7 Å². The number of hydrogen-bond acceptors (Lipinski definition) is 4. The van der Waals surface area contributed by atoms with Crippen molar-refractivity contribution in [1.82, 2.24) is 10.3 Å². The van der Waals surface area contributed by atoms with Gasteiger partial charge in [0, 0.05) is 19.8 Å². The number of nitrogens with one attached hydrogen (secondary N) is 2. The van der Waals surface area contributed by atoms with Gasteiger partial charge in [0.15, 0.2) is 11.6 Å². The minimum atomic E-state index is -0.482. The largest absolute Gasteiger partial charge is 0.494 e. The molecule has 5 nitrogen and oxygen atoms in total. The minimum absolute atomic E-state index is 0.155. The van der Waals surface area contributed by atoms with Crippen LogP contribution < -0.4 is 15.4 Å². The highest BCUT2D eigenvalue weighted by Crippen LogP contribution is 2.22. The predicted octanol–water partition coefficient (Wildman–Crippen LogP) is 2.85. The Morgan fingerprint density at radius 3 is 2.82 bits per heavy atom. The summed E-state index contributed by atoms with van der Waals surface area (Å²) in [5, 5.41) is 5.78. The van der Waals surface area contributed by atoms with Crippen LogP contribution in [0.2, 0.25) is 5.02 Å². The lowest BCUT2D eigenvalue weighted by Crippen LogP contribution is -2.24. The van der Waals surface area contributed by atoms with Gasteiger partial charge >= 0.3 is 0 Å². The number of nitrogens with zero attached hydrogens (tertiary/aromatic N) is 1. The van der Waals surface area contributed by atoms with E-state index in [2.05, 4.69) is 15.6 Å². The van der Waals surface area contributed by atoms with E-state index in [1.807, 2.05) is 0 Å². The quantitative estimate of drug-likeness (QED) is 0.888. The molecule has 1 aromatic heterocycles. The number of carbonyl (C=O) groups excluding carboxylic acids is 1. The highest BCUT2D eigenvalue weighted by molar-refractivity contribution is 6.34. The molecule has 22 heavy (non-hydrogen) atoms. The van der Waals surface area contributed by atoms with Crippen LogP contribution in [0, 0.1) is 5.82 Å². The summed E-state index contributed by atoms with van der Waals surface area (Å²) in [6, 6.07) is 6.02. The molecule has 1 aromatic carbocycles. The zero-order valence-electron chi connectivity index (χ0n) is 12.1. The van der Waals surface area contributed by atoms with Gasteiger partial charge in [-0.1, -0.05) is 17.7 Å². The van der Waals surface area contributed by atoms with Crippen molar-refractivity contribution >= 4 is 23.3 Å². The Morgan fingerprint density at radius 2 is 2.18 bits per heavy atom. The Kier molecular flexibility index (Phi) is 5.16. The molecule has 0 saturated heterocycles. The second-order valence-corrected chi connectivity index (χ2v) is 4.83. The van der Waals surface area contributed by atoms with Crippen molar-refractivity contribution in [3.63, 3.8) is 0 Å². The number of halogens is 2. The van der Waals surface area contributed by atoms with E-state index in [1.165, 1.54) is 31.5 Å². The number of benzene rings is 1. The lowest BCUT2D eigenvalue weighted by molar-refractivity contribution is 0.0951. The molecular formula is C15H15ClFN3O2. The van der Waals surface area contributed by atoms with E-state index in [-0.39, 0.29) is 22.9 Å². The predicted molar refractivity (Wildman–Crippen MR) is 82.9 cm³/mol. The number of rotatable bonds is 5. The van der Waals surface area contributed by atoms with Gasteiger partial charge in [-0.15, -0.1) is 0 Å². The van der Waals surface area contributed by atoms with Crippen molar-refractivity contribution < 1.29 is 13.9 Å². The van der Waals surface area contributed by atoms with Crippen LogP contribution in [0.15, 0.2) is 30.5 Å². The van der Waals surface area contributed by atoms with Crippen LogP contribution >= 0.6 is 11.6 Å². The molecule has 0 spiro atoms. The smallest absolute Gasteiger partial charge is 0.256 e. The molecule has 0 atom stereocenters. The highest BCUT2D eigenvalue weighted by atomic mass is 35.5. The van der Waals surface area contributed by atoms with E-state index in [4.69, 9.17) is 16.3 Å². The van der Waals surface area contributed by atoms with Gasteiger partial charge in [-0.25, -0.2) is 9.37 Å². The third kappa shape index (κ3) is 3.46. The summed E-state index contributed by atoms with van der Waals surface area (Å²) < 4.78 is 18.4. The number of methoxy groups -OCH3 is 1. The Morgan fingerprint density at radius 1 is 1.41 bits per heavy atom. The van der Waals surface area contributed by atoms with E-state index in [1.54, 1.807) is 13.1 Å². The van der Waals surface area contributed by atoms with Crippen LogP contribution in [0.3, 0.4) is 0 Å². The SMILES string of the molecule is CNc1nccc(Cl)c1C(=O)NCc1ccc(OC)c(F)c1. The van der Waals surface area contributed by atoms with Gasteiger partial charge in [-0.2, -0.15) is 0 Å². The van der Waals surface area contributed by atoms with Gasteiger partial charge in [-0.05, 0) is 23.8 Å². The topological polar surface area (TPSA) is 63.2 Å². The van der Waals surface area contributed by atoms with Gasteiger partial charge < -0.3 is 15.4 Å². The molecule has 0 aliphatic carbocycles. The van der Waals surface area contributed by atoms with Crippen molar-refractivity contribution in [2.75, 3.05) is 19.5 Å². The number of aromatic nitrogens is 1. The normalized spacial score (nSPS) is 10.2. The Hall–Kier alpha value is -2.34. The fraction of sp³-hybridized carbons (Fsp3) is 0.200. The summed E-state index contributed by atoms with van der Waals surface area (Å²) in [6.45, 7) is 0.161. The molecule has 2 N–H and O–H groups in total. The molecule has 1 heterocycles. The van der Waals surface area contributed by atoms with Crippen molar-refractivity contribution in [1.29, 1.82) is 0 Å². The summed E-state index contributed by atoms with van der Waals surface area (Å²) in [5.41, 5.74) is 0.860. The molecule has 0 saturated carbocycles. The van der Waals surface area contributed by atoms with Gasteiger partial charge in [-0.3, -0.25) is 4.79 Å². The summed E-state index contributed by atoms with van der Waals surface area (Å²) in [6.07, 6.45) is 1.50. The van der Waals surface area contributed by atoms with Crippen molar-refractivity contribution in [2.45, 2.75) is 6.54 Å². The van der Waals surface area contributed by atoms with E-state index >= 15 is 0 Å². The van der Waals surface area contributed by atoms with Crippen LogP contribution in [-0.4, -0.2) is 25.0 Å². The fourth-order valence-electron chi connectivity index (χ4n) is 1.93. The molecule has 0 aliphatic rings. The molecule has 2 aromatic rings. The average Bonchev–Trinajstić information content (AvgIpc) is 2.52. The maximum Gasteiger partial charge on any atom is 0.256 e. The van der Waals surface area contributed by atoms with Crippen LogP contribution in [0.5, 0.6) is 5.75 Å². The van der Waals surface area contributed by atoms with E-state index in [9.17, 15) is 9.18 Å². The van der Waals surface area contributed by atoms with Gasteiger partial charge in [0.2, 0.25) is 0 Å². The van der Waals surface area contributed by atoms with Crippen LogP contribution in [0.25, 0.3) is 0 Å². The molecule has 0 radical (unpaired) electrons. The van der Waals surface area contributed by atoms with Crippen LogP contribution in [-0.2, 0) is 6.54 Å². The number of pyridine rings is 1. The van der Waals surface area contributed by atoms with E-state index in [0.29, 0.717) is 11.4 Å². The molecule has 0 bridgehead atoms. The summed E-state index contributed by atoms with van der Waals surface area (Å²) in [7, 11) is 3.04. The standard InChI is InChI=1S/C15H15ClFN3O2/c1-18-14-13(10(16)5-6-19-14)15(21)20-8-9-3-4-12(22-2)11(17)7-9/h3-7H,8H2,1-2H3,(H,18,19)(H,20,21). The average molecular weight is 324 g/mol. The first-order valence-corrected chi connectivity index (χ1v) is 6.87. The first kappa shape index (κ1) is 16.0. The molecule has 2 rings (SSSR count). The maximum atomic E-state index is 13.6. The monoisotopic (exact) mass is 323 g/mol. The Bertz CT molecular complexity index is 694. The minimum Gasteiger partial charge on any atom is -0.494 e. The van der Waals surface area contributed by atoms with E-state index in [0.717, 1.165) is 0 Å². The fourth-order valence-corrected chi connectivity index (χ4v) is 2.17. The maximum absolute atomic E-state index is 13.6. The number of anilines is 1. The highest BCUT2D eigenvalue weighted by Gasteiger charge is 2.16. The Balaban J connectivity index is 2.12. The van der Waals surface area contributed by atoms with Crippen molar-refractivity contribution in [2.24, 2.45) is 0 Å². The number of carbonyl (C=O) groups is 1. The third-order valence-corrected chi connectivity index (χ3v) is 3.35. The van der Waals surface area contributed by atoms with Crippen LogP contribution in [0.1, 0.15) is 15.9 Å². The zero-order valence-corrected chi connectivity index (χ0v) is 12.9. The Labute approximate surface area is 132 Å². The first-order chi connectivity index (χ1) is 10.6.